The molecule has 3 heteroatoms. The van der Waals surface area contributed by atoms with Crippen molar-refractivity contribution in [3.63, 3.8) is 0 Å². The summed E-state index contributed by atoms with van der Waals surface area (Å²) >= 11 is 0. The van der Waals surface area contributed by atoms with Crippen LogP contribution in [0.25, 0.3) is 0 Å². The number of hydrogen-bond acceptors (Lipinski definition) is 3. The van der Waals surface area contributed by atoms with Crippen LogP contribution >= 0.6 is 0 Å². The van der Waals surface area contributed by atoms with Gasteiger partial charge in [0.2, 0.25) is 0 Å². The van der Waals surface area contributed by atoms with E-state index in [1.165, 1.54) is 64.7 Å². The Morgan fingerprint density at radius 1 is 1.00 bits per heavy atom. The van der Waals surface area contributed by atoms with Crippen molar-refractivity contribution in [3.05, 3.63) is 0 Å². The van der Waals surface area contributed by atoms with Crippen molar-refractivity contribution in [2.24, 2.45) is 0 Å². The number of likely N-dealkylation sites (N-methyl/N-ethyl adjacent to an activating group) is 1. The quantitative estimate of drug-likeness (QED) is 0.843. The molecule has 0 aromatic rings. The summed E-state index contributed by atoms with van der Waals surface area (Å²) < 4.78 is 0. The highest BCUT2D eigenvalue weighted by Gasteiger charge is 2.30. The van der Waals surface area contributed by atoms with Gasteiger partial charge < -0.3 is 10.2 Å². The predicted molar refractivity (Wildman–Crippen MR) is 82.6 cm³/mol. The molecule has 1 N–H and O–H groups in total. The fraction of sp³-hybridized carbons (Fsp3) is 1.00. The maximum atomic E-state index is 3.40. The first-order valence-corrected chi connectivity index (χ1v) is 8.36. The lowest BCUT2D eigenvalue weighted by atomic mass is 9.96. The number of likely N-dealkylation sites (tertiary alicyclic amines) is 2. The molecule has 112 valence electrons. The van der Waals surface area contributed by atoms with E-state index in [1.54, 1.807) is 0 Å². The van der Waals surface area contributed by atoms with Gasteiger partial charge in [-0.1, -0.05) is 6.42 Å². The molecule has 0 aliphatic carbocycles. The largest absolute Gasteiger partial charge is 0.318 e. The average Bonchev–Trinajstić information content (AvgIpc) is 2.65. The monoisotopic (exact) mass is 267 g/mol. The van der Waals surface area contributed by atoms with Crippen molar-refractivity contribution in [2.75, 3.05) is 33.2 Å². The van der Waals surface area contributed by atoms with Gasteiger partial charge in [-0.05, 0) is 72.6 Å². The minimum atomic E-state index is 0.716. The van der Waals surface area contributed by atoms with Crippen LogP contribution in [0.5, 0.6) is 0 Å². The lowest BCUT2D eigenvalue weighted by Crippen LogP contribution is -2.50. The standard InChI is InChI=1S/C16H33N3/c1-14(2)18-10-6-8-15(9-12-18)19-11-5-4-7-16(19)13-17-3/h14-17H,4-13H2,1-3H3. The summed E-state index contributed by atoms with van der Waals surface area (Å²) in [6.45, 7) is 9.78. The number of piperidine rings is 1. The van der Waals surface area contributed by atoms with Crippen LogP contribution < -0.4 is 5.32 Å². The first kappa shape index (κ1) is 15.3. The minimum Gasteiger partial charge on any atom is -0.318 e. The van der Waals surface area contributed by atoms with Crippen LogP contribution in [0.3, 0.4) is 0 Å². The second kappa shape index (κ2) is 7.61. The molecule has 0 radical (unpaired) electrons. The summed E-state index contributed by atoms with van der Waals surface area (Å²) in [5.41, 5.74) is 0. The molecule has 2 heterocycles. The average molecular weight is 267 g/mol. The summed E-state index contributed by atoms with van der Waals surface area (Å²) in [6.07, 6.45) is 8.39. The van der Waals surface area contributed by atoms with Gasteiger partial charge >= 0.3 is 0 Å². The SMILES string of the molecule is CNCC1CCCCN1C1CCCN(C(C)C)CC1. The maximum Gasteiger partial charge on any atom is 0.0223 e. The highest BCUT2D eigenvalue weighted by molar-refractivity contribution is 4.86. The Labute approximate surface area is 119 Å². The molecule has 19 heavy (non-hydrogen) atoms. The minimum absolute atomic E-state index is 0.716. The van der Waals surface area contributed by atoms with E-state index < -0.39 is 0 Å². The Hall–Kier alpha value is -0.120. The predicted octanol–water partition coefficient (Wildman–Crippen LogP) is 2.32. The fourth-order valence-corrected chi connectivity index (χ4v) is 3.91. The van der Waals surface area contributed by atoms with E-state index in [4.69, 9.17) is 0 Å². The molecule has 0 aromatic carbocycles. The highest BCUT2D eigenvalue weighted by atomic mass is 15.2. The molecule has 2 aliphatic heterocycles. The van der Waals surface area contributed by atoms with Gasteiger partial charge in [-0.3, -0.25) is 4.90 Å². The molecule has 2 rings (SSSR count). The van der Waals surface area contributed by atoms with Crippen LogP contribution in [0.15, 0.2) is 0 Å². The second-order valence-corrected chi connectivity index (χ2v) is 6.66. The third-order valence-corrected chi connectivity index (χ3v) is 5.04. The van der Waals surface area contributed by atoms with E-state index in [-0.39, 0.29) is 0 Å². The first-order valence-electron chi connectivity index (χ1n) is 8.36. The molecular weight excluding hydrogens is 234 g/mol. The molecule has 0 bridgehead atoms. The van der Waals surface area contributed by atoms with Gasteiger partial charge in [0.1, 0.15) is 0 Å². The molecule has 2 unspecified atom stereocenters. The Balaban J connectivity index is 1.92. The third kappa shape index (κ3) is 4.17. The van der Waals surface area contributed by atoms with Crippen LogP contribution in [0.4, 0.5) is 0 Å². The molecule has 0 amide bonds. The van der Waals surface area contributed by atoms with Crippen molar-refractivity contribution < 1.29 is 0 Å². The maximum absolute atomic E-state index is 3.40. The molecule has 2 atom stereocenters. The molecule has 0 spiro atoms. The van der Waals surface area contributed by atoms with E-state index in [1.807, 2.05) is 0 Å². The first-order chi connectivity index (χ1) is 9.22. The fourth-order valence-electron chi connectivity index (χ4n) is 3.91. The molecule has 3 nitrogen and oxygen atoms in total. The van der Waals surface area contributed by atoms with Gasteiger partial charge in [0, 0.05) is 24.7 Å². The Morgan fingerprint density at radius 3 is 2.58 bits per heavy atom. The summed E-state index contributed by atoms with van der Waals surface area (Å²) in [7, 11) is 2.10. The number of hydrogen-bond donors (Lipinski definition) is 1. The van der Waals surface area contributed by atoms with E-state index in [2.05, 4.69) is 36.0 Å². The van der Waals surface area contributed by atoms with Crippen LogP contribution in [0.1, 0.15) is 52.4 Å². The smallest absolute Gasteiger partial charge is 0.0223 e. The number of nitrogens with zero attached hydrogens (tertiary/aromatic N) is 2. The zero-order valence-corrected chi connectivity index (χ0v) is 13.2. The molecule has 0 aromatic heterocycles. The Bertz CT molecular complexity index is 252. The van der Waals surface area contributed by atoms with Gasteiger partial charge in [0.25, 0.3) is 0 Å². The van der Waals surface area contributed by atoms with Gasteiger partial charge in [0.05, 0.1) is 0 Å². The van der Waals surface area contributed by atoms with Crippen molar-refractivity contribution in [1.29, 1.82) is 0 Å². The highest BCUT2D eigenvalue weighted by Crippen LogP contribution is 2.25. The van der Waals surface area contributed by atoms with Crippen molar-refractivity contribution >= 4 is 0 Å². The lowest BCUT2D eigenvalue weighted by Gasteiger charge is -2.41. The van der Waals surface area contributed by atoms with Crippen LogP contribution in [0, 0.1) is 0 Å². The van der Waals surface area contributed by atoms with Crippen molar-refractivity contribution in [3.8, 4) is 0 Å². The van der Waals surface area contributed by atoms with Gasteiger partial charge in [0.15, 0.2) is 0 Å². The molecule has 2 aliphatic rings. The summed E-state index contributed by atoms with van der Waals surface area (Å²) in [6, 6.07) is 2.34. The van der Waals surface area contributed by atoms with Gasteiger partial charge in [-0.2, -0.15) is 0 Å². The third-order valence-electron chi connectivity index (χ3n) is 5.04. The molecule has 2 fully saturated rings. The van der Waals surface area contributed by atoms with Gasteiger partial charge in [-0.15, -0.1) is 0 Å². The van der Waals surface area contributed by atoms with Crippen LogP contribution in [0.2, 0.25) is 0 Å². The summed E-state index contributed by atoms with van der Waals surface area (Å²) in [4.78, 5) is 5.50. The molecule has 2 saturated heterocycles. The van der Waals surface area contributed by atoms with E-state index in [0.717, 1.165) is 12.1 Å². The zero-order chi connectivity index (χ0) is 13.7. The van der Waals surface area contributed by atoms with Crippen LogP contribution in [-0.2, 0) is 0 Å². The zero-order valence-electron chi connectivity index (χ0n) is 13.2. The van der Waals surface area contributed by atoms with Crippen molar-refractivity contribution in [1.82, 2.24) is 15.1 Å². The Kier molecular flexibility index (Phi) is 6.11. The van der Waals surface area contributed by atoms with Crippen molar-refractivity contribution in [2.45, 2.75) is 70.5 Å². The Morgan fingerprint density at radius 2 is 1.84 bits per heavy atom. The normalized spacial score (nSPS) is 31.6. The van der Waals surface area contributed by atoms with Crippen LogP contribution in [-0.4, -0.2) is 61.2 Å². The van der Waals surface area contributed by atoms with E-state index >= 15 is 0 Å². The molecular formula is C16H33N3. The second-order valence-electron chi connectivity index (χ2n) is 6.66. The number of nitrogens with one attached hydrogen (secondary N) is 1. The lowest BCUT2D eigenvalue weighted by molar-refractivity contribution is 0.0847. The summed E-state index contributed by atoms with van der Waals surface area (Å²) in [5, 5.41) is 3.40. The number of rotatable bonds is 4. The van der Waals surface area contributed by atoms with Gasteiger partial charge in [-0.25, -0.2) is 0 Å². The molecule has 0 saturated carbocycles. The van der Waals surface area contributed by atoms with E-state index in [9.17, 15) is 0 Å². The topological polar surface area (TPSA) is 18.5 Å². The van der Waals surface area contributed by atoms with E-state index in [0.29, 0.717) is 6.04 Å². The summed E-state index contributed by atoms with van der Waals surface area (Å²) in [5.74, 6) is 0.